The average molecular weight is 224 g/mol. The molecule has 0 bridgehead atoms. The molecule has 0 aliphatic carbocycles. The van der Waals surface area contributed by atoms with Crippen LogP contribution in [0.4, 0.5) is 0 Å². The molecular formula is C11H10ClNS. The molecule has 1 aromatic rings. The lowest BCUT2D eigenvalue weighted by atomic mass is 10.1. The van der Waals surface area contributed by atoms with Gasteiger partial charge < -0.3 is 0 Å². The molecule has 0 saturated heterocycles. The smallest absolute Gasteiger partial charge is 0.0997 e. The number of thiol groups is 1. The van der Waals surface area contributed by atoms with E-state index in [0.29, 0.717) is 10.6 Å². The molecule has 1 nitrogen and oxygen atoms in total. The van der Waals surface area contributed by atoms with Crippen LogP contribution < -0.4 is 0 Å². The van der Waals surface area contributed by atoms with Gasteiger partial charge >= 0.3 is 0 Å². The fraction of sp³-hybridized carbons (Fsp3) is 0.182. The molecule has 0 N–H and O–H groups in total. The highest BCUT2D eigenvalue weighted by molar-refractivity contribution is 7.80. The van der Waals surface area contributed by atoms with Crippen molar-refractivity contribution in [2.24, 2.45) is 0 Å². The van der Waals surface area contributed by atoms with Gasteiger partial charge in [0.15, 0.2) is 0 Å². The standard InChI is InChI=1S/C11H10ClNS/c12-11-5-4-10(8-13)9(7-11)3-1-2-6-14/h1,3-5,7,14H,2,6H2. The molecule has 0 unspecified atom stereocenters. The molecule has 1 aromatic carbocycles. The second-order valence-corrected chi connectivity index (χ2v) is 3.64. The van der Waals surface area contributed by atoms with E-state index >= 15 is 0 Å². The summed E-state index contributed by atoms with van der Waals surface area (Å²) in [5.41, 5.74) is 1.51. The van der Waals surface area contributed by atoms with E-state index in [1.807, 2.05) is 12.2 Å². The molecule has 3 heteroatoms. The third kappa shape index (κ3) is 3.10. The topological polar surface area (TPSA) is 23.8 Å². The zero-order valence-electron chi connectivity index (χ0n) is 7.57. The fourth-order valence-corrected chi connectivity index (χ4v) is 1.39. The van der Waals surface area contributed by atoms with Crippen molar-refractivity contribution in [1.29, 1.82) is 5.26 Å². The van der Waals surface area contributed by atoms with Crippen LogP contribution in [0.2, 0.25) is 5.02 Å². The zero-order chi connectivity index (χ0) is 10.4. The lowest BCUT2D eigenvalue weighted by Gasteiger charge is -1.97. The van der Waals surface area contributed by atoms with Crippen molar-refractivity contribution in [3.05, 3.63) is 40.4 Å². The van der Waals surface area contributed by atoms with Crippen LogP contribution in [-0.4, -0.2) is 5.75 Å². The summed E-state index contributed by atoms with van der Waals surface area (Å²) in [7, 11) is 0. The van der Waals surface area contributed by atoms with Crippen LogP contribution in [0.15, 0.2) is 24.3 Å². The predicted octanol–water partition coefficient (Wildman–Crippen LogP) is 3.54. The van der Waals surface area contributed by atoms with Crippen LogP contribution in [0.1, 0.15) is 17.5 Å². The molecule has 0 radical (unpaired) electrons. The van der Waals surface area contributed by atoms with E-state index < -0.39 is 0 Å². The molecule has 0 aromatic heterocycles. The third-order valence-corrected chi connectivity index (χ3v) is 2.22. The molecule has 0 amide bonds. The van der Waals surface area contributed by atoms with Gasteiger partial charge in [-0.1, -0.05) is 23.8 Å². The first kappa shape index (κ1) is 11.2. The van der Waals surface area contributed by atoms with Gasteiger partial charge in [0.25, 0.3) is 0 Å². The van der Waals surface area contributed by atoms with Crippen LogP contribution in [0.5, 0.6) is 0 Å². The molecule has 0 aliphatic rings. The van der Waals surface area contributed by atoms with Crippen LogP contribution in [0.25, 0.3) is 6.08 Å². The van der Waals surface area contributed by atoms with Crippen molar-refractivity contribution in [2.45, 2.75) is 6.42 Å². The highest BCUT2D eigenvalue weighted by Gasteiger charge is 1.98. The maximum Gasteiger partial charge on any atom is 0.0997 e. The number of nitrogens with zero attached hydrogens (tertiary/aromatic N) is 1. The van der Waals surface area contributed by atoms with Gasteiger partial charge in [0, 0.05) is 5.02 Å². The fourth-order valence-electron chi connectivity index (χ4n) is 1.06. The summed E-state index contributed by atoms with van der Waals surface area (Å²) in [5.74, 6) is 0.805. The van der Waals surface area contributed by atoms with Crippen molar-refractivity contribution in [3.8, 4) is 6.07 Å². The van der Waals surface area contributed by atoms with Crippen LogP contribution >= 0.6 is 24.2 Å². The molecule has 1 rings (SSSR count). The first-order chi connectivity index (χ1) is 6.77. The van der Waals surface area contributed by atoms with Gasteiger partial charge in [-0.05, 0) is 35.9 Å². The summed E-state index contributed by atoms with van der Waals surface area (Å²) in [6.45, 7) is 0. The third-order valence-electron chi connectivity index (χ3n) is 1.73. The Kier molecular flexibility index (Phi) is 4.58. The Balaban J connectivity index is 2.94. The molecular weight excluding hydrogens is 214 g/mol. The highest BCUT2D eigenvalue weighted by atomic mass is 35.5. The maximum atomic E-state index is 8.82. The monoisotopic (exact) mass is 223 g/mol. The molecule has 0 spiro atoms. The van der Waals surface area contributed by atoms with Gasteiger partial charge in [0.1, 0.15) is 0 Å². The van der Waals surface area contributed by atoms with Gasteiger partial charge in [0.05, 0.1) is 11.6 Å². The molecule has 72 valence electrons. The van der Waals surface area contributed by atoms with E-state index in [9.17, 15) is 0 Å². The maximum absolute atomic E-state index is 8.82. The van der Waals surface area contributed by atoms with Crippen molar-refractivity contribution in [1.82, 2.24) is 0 Å². The van der Waals surface area contributed by atoms with Crippen LogP contribution in [-0.2, 0) is 0 Å². The van der Waals surface area contributed by atoms with Crippen molar-refractivity contribution < 1.29 is 0 Å². The summed E-state index contributed by atoms with van der Waals surface area (Å²) in [4.78, 5) is 0. The summed E-state index contributed by atoms with van der Waals surface area (Å²) in [6, 6.07) is 7.35. The summed E-state index contributed by atoms with van der Waals surface area (Å²) >= 11 is 9.92. The Bertz CT molecular complexity index is 379. The van der Waals surface area contributed by atoms with Gasteiger partial charge in [0.2, 0.25) is 0 Å². The van der Waals surface area contributed by atoms with Crippen molar-refractivity contribution in [2.75, 3.05) is 5.75 Å². The van der Waals surface area contributed by atoms with Gasteiger partial charge in [-0.2, -0.15) is 17.9 Å². The lowest BCUT2D eigenvalue weighted by molar-refractivity contribution is 1.26. The van der Waals surface area contributed by atoms with E-state index in [-0.39, 0.29) is 0 Å². The summed E-state index contributed by atoms with van der Waals surface area (Å²) < 4.78 is 0. The minimum atomic E-state index is 0.643. The number of halogens is 1. The Morgan fingerprint density at radius 1 is 1.50 bits per heavy atom. The Morgan fingerprint density at radius 3 is 2.93 bits per heavy atom. The Morgan fingerprint density at radius 2 is 2.29 bits per heavy atom. The Labute approximate surface area is 94.4 Å². The summed E-state index contributed by atoms with van der Waals surface area (Å²) in [5, 5.41) is 9.47. The van der Waals surface area contributed by atoms with Gasteiger partial charge in [-0.15, -0.1) is 0 Å². The van der Waals surface area contributed by atoms with E-state index in [2.05, 4.69) is 18.7 Å². The minimum absolute atomic E-state index is 0.643. The van der Waals surface area contributed by atoms with E-state index in [1.165, 1.54) is 0 Å². The minimum Gasteiger partial charge on any atom is -0.192 e. The second-order valence-electron chi connectivity index (χ2n) is 2.76. The van der Waals surface area contributed by atoms with Crippen LogP contribution in [0, 0.1) is 11.3 Å². The SMILES string of the molecule is N#Cc1ccc(Cl)cc1C=CCCS. The first-order valence-corrected chi connectivity index (χ1v) is 5.26. The predicted molar refractivity (Wildman–Crippen MR) is 63.7 cm³/mol. The van der Waals surface area contributed by atoms with E-state index in [1.54, 1.807) is 18.2 Å². The molecule has 14 heavy (non-hydrogen) atoms. The number of hydrogen-bond acceptors (Lipinski definition) is 2. The molecule has 0 aliphatic heterocycles. The summed E-state index contributed by atoms with van der Waals surface area (Å²) in [6.07, 6.45) is 4.78. The number of hydrogen-bond donors (Lipinski definition) is 1. The number of benzene rings is 1. The van der Waals surface area contributed by atoms with E-state index in [4.69, 9.17) is 16.9 Å². The zero-order valence-corrected chi connectivity index (χ0v) is 9.22. The molecule has 0 heterocycles. The van der Waals surface area contributed by atoms with E-state index in [0.717, 1.165) is 17.7 Å². The van der Waals surface area contributed by atoms with Gasteiger partial charge in [-0.25, -0.2) is 0 Å². The Hall–Kier alpha value is -0.910. The second kappa shape index (κ2) is 5.74. The normalized spacial score (nSPS) is 10.4. The van der Waals surface area contributed by atoms with Crippen molar-refractivity contribution >= 4 is 30.3 Å². The molecule has 0 atom stereocenters. The highest BCUT2D eigenvalue weighted by Crippen LogP contribution is 2.17. The number of allylic oxidation sites excluding steroid dienone is 1. The number of rotatable bonds is 3. The van der Waals surface area contributed by atoms with Crippen LogP contribution in [0.3, 0.4) is 0 Å². The number of nitriles is 1. The largest absolute Gasteiger partial charge is 0.192 e. The van der Waals surface area contributed by atoms with Crippen molar-refractivity contribution in [3.63, 3.8) is 0 Å². The first-order valence-electron chi connectivity index (χ1n) is 4.25. The average Bonchev–Trinajstić information content (AvgIpc) is 2.19. The van der Waals surface area contributed by atoms with Gasteiger partial charge in [-0.3, -0.25) is 0 Å². The quantitative estimate of drug-likeness (QED) is 0.779. The molecule has 0 saturated carbocycles. The lowest BCUT2D eigenvalue weighted by Crippen LogP contribution is -1.81. The molecule has 0 fully saturated rings.